The molecule has 6 heteroatoms. The fraction of sp³-hybridized carbons (Fsp3) is 0.211. The number of rotatable bonds is 8. The summed E-state index contributed by atoms with van der Waals surface area (Å²) in [5.41, 5.74) is 3.61. The topological polar surface area (TPSA) is 83.7 Å². The molecule has 0 radical (unpaired) electrons. The molecule has 0 aliphatic heterocycles. The van der Waals surface area contributed by atoms with Gasteiger partial charge in [0.1, 0.15) is 17.6 Å². The van der Waals surface area contributed by atoms with Crippen molar-refractivity contribution in [3.63, 3.8) is 0 Å². The van der Waals surface area contributed by atoms with E-state index >= 15 is 0 Å². The van der Waals surface area contributed by atoms with Crippen molar-refractivity contribution >= 4 is 12.1 Å². The van der Waals surface area contributed by atoms with E-state index in [2.05, 4.69) is 10.5 Å². The normalized spacial score (nSPS) is 10.2. The molecule has 0 spiro atoms. The van der Waals surface area contributed by atoms with E-state index in [1.807, 2.05) is 19.1 Å². The van der Waals surface area contributed by atoms with Gasteiger partial charge in [-0.15, -0.1) is 0 Å². The molecule has 2 aromatic carbocycles. The third-order valence-electron chi connectivity index (χ3n) is 3.17. The van der Waals surface area contributed by atoms with Crippen LogP contribution in [0.3, 0.4) is 0 Å². The van der Waals surface area contributed by atoms with E-state index in [1.54, 1.807) is 42.5 Å². The zero-order valence-corrected chi connectivity index (χ0v) is 13.9. The molecule has 2 rings (SSSR count). The van der Waals surface area contributed by atoms with Gasteiger partial charge in [0, 0.05) is 11.1 Å². The lowest BCUT2D eigenvalue weighted by atomic mass is 10.2. The summed E-state index contributed by atoms with van der Waals surface area (Å²) in [5.74, 6) is 0.929. The number of hydrogen-bond acceptors (Lipinski definition) is 5. The largest absolute Gasteiger partial charge is 0.494 e. The number of para-hydroxylation sites is 1. The van der Waals surface area contributed by atoms with E-state index in [1.165, 1.54) is 6.21 Å². The number of nitrogens with one attached hydrogen (secondary N) is 1. The second-order valence-corrected chi connectivity index (χ2v) is 5.06. The highest BCUT2D eigenvalue weighted by Crippen LogP contribution is 2.15. The first-order chi connectivity index (χ1) is 12.2. The van der Waals surface area contributed by atoms with Crippen LogP contribution in [-0.2, 0) is 0 Å². The summed E-state index contributed by atoms with van der Waals surface area (Å²) in [4.78, 5) is 12.1. The molecule has 0 aromatic heterocycles. The number of hydrogen-bond donors (Lipinski definition) is 1. The number of nitriles is 1. The Kier molecular flexibility index (Phi) is 7.01. The molecule has 1 amide bonds. The number of carbonyl (C=O) groups is 1. The molecule has 6 nitrogen and oxygen atoms in total. The zero-order valence-electron chi connectivity index (χ0n) is 13.9. The Labute approximate surface area is 146 Å². The molecule has 0 saturated carbocycles. The van der Waals surface area contributed by atoms with Gasteiger partial charge in [-0.1, -0.05) is 19.1 Å². The summed E-state index contributed by atoms with van der Waals surface area (Å²) in [6.45, 7) is 2.62. The Hall–Kier alpha value is -3.33. The van der Waals surface area contributed by atoms with E-state index in [-0.39, 0.29) is 12.5 Å². The Morgan fingerprint density at radius 2 is 1.96 bits per heavy atom. The maximum atomic E-state index is 12.1. The molecule has 0 aliphatic rings. The van der Waals surface area contributed by atoms with E-state index < -0.39 is 0 Å². The maximum absolute atomic E-state index is 12.1. The van der Waals surface area contributed by atoms with Crippen molar-refractivity contribution in [2.75, 3.05) is 13.2 Å². The summed E-state index contributed by atoms with van der Waals surface area (Å²) < 4.78 is 10.8. The average Bonchev–Trinajstić information content (AvgIpc) is 2.66. The Morgan fingerprint density at radius 1 is 1.20 bits per heavy atom. The summed E-state index contributed by atoms with van der Waals surface area (Å²) in [6.07, 6.45) is 2.40. The van der Waals surface area contributed by atoms with Crippen LogP contribution < -0.4 is 14.9 Å². The molecule has 2 aromatic rings. The molecule has 0 unspecified atom stereocenters. The lowest BCUT2D eigenvalue weighted by Gasteiger charge is -2.06. The predicted octanol–water partition coefficient (Wildman–Crippen LogP) is 3.14. The van der Waals surface area contributed by atoms with Crippen molar-refractivity contribution in [3.05, 3.63) is 59.7 Å². The van der Waals surface area contributed by atoms with Crippen molar-refractivity contribution in [2.24, 2.45) is 5.10 Å². The third-order valence-corrected chi connectivity index (χ3v) is 3.17. The van der Waals surface area contributed by atoms with Crippen LogP contribution in [0.15, 0.2) is 53.6 Å². The smallest absolute Gasteiger partial charge is 0.271 e. The third kappa shape index (κ3) is 5.66. The fourth-order valence-corrected chi connectivity index (χ4v) is 1.98. The van der Waals surface area contributed by atoms with Crippen molar-refractivity contribution in [1.82, 2.24) is 5.43 Å². The number of hydrazone groups is 1. The van der Waals surface area contributed by atoms with Crippen LogP contribution in [0.1, 0.15) is 29.3 Å². The summed E-state index contributed by atoms with van der Waals surface area (Å²) in [6, 6.07) is 15.9. The van der Waals surface area contributed by atoms with Gasteiger partial charge in [0.15, 0.2) is 6.61 Å². The second-order valence-electron chi connectivity index (χ2n) is 5.06. The van der Waals surface area contributed by atoms with Crippen LogP contribution in [0.2, 0.25) is 0 Å². The number of carbonyl (C=O) groups excluding carboxylic acids is 1. The van der Waals surface area contributed by atoms with Gasteiger partial charge in [-0.2, -0.15) is 10.4 Å². The quantitative estimate of drug-likeness (QED) is 0.592. The lowest BCUT2D eigenvalue weighted by Crippen LogP contribution is -2.17. The first-order valence-electron chi connectivity index (χ1n) is 7.89. The first kappa shape index (κ1) is 18.0. The number of ether oxygens (including phenoxy) is 2. The van der Waals surface area contributed by atoms with Crippen molar-refractivity contribution < 1.29 is 14.3 Å². The van der Waals surface area contributed by atoms with Crippen molar-refractivity contribution in [1.29, 1.82) is 5.26 Å². The summed E-state index contributed by atoms with van der Waals surface area (Å²) >= 11 is 0. The van der Waals surface area contributed by atoms with Gasteiger partial charge in [-0.25, -0.2) is 5.43 Å². The molecule has 0 saturated heterocycles. The number of amides is 1. The average molecular weight is 337 g/mol. The highest BCUT2D eigenvalue weighted by atomic mass is 16.5. The molecular formula is C19H19N3O3. The predicted molar refractivity (Wildman–Crippen MR) is 94.8 cm³/mol. The van der Waals surface area contributed by atoms with Crippen LogP contribution in [0.5, 0.6) is 11.5 Å². The van der Waals surface area contributed by atoms with E-state index in [4.69, 9.17) is 14.7 Å². The highest BCUT2D eigenvalue weighted by Gasteiger charge is 2.05. The molecule has 0 fully saturated rings. The van der Waals surface area contributed by atoms with E-state index in [0.717, 1.165) is 12.2 Å². The van der Waals surface area contributed by atoms with Crippen LogP contribution >= 0.6 is 0 Å². The van der Waals surface area contributed by atoms with Gasteiger partial charge in [0.2, 0.25) is 0 Å². The summed E-state index contributed by atoms with van der Waals surface area (Å²) in [5, 5.41) is 12.5. The number of nitrogens with zero attached hydrogens (tertiary/aromatic N) is 2. The fourth-order valence-electron chi connectivity index (χ4n) is 1.98. The van der Waals surface area contributed by atoms with Gasteiger partial charge in [0.25, 0.3) is 5.91 Å². The molecule has 25 heavy (non-hydrogen) atoms. The monoisotopic (exact) mass is 337 g/mol. The highest BCUT2D eigenvalue weighted by molar-refractivity contribution is 5.95. The molecule has 0 atom stereocenters. The SMILES string of the molecule is CCCOc1ccc(C(=O)N/N=C/c2ccccc2OCC#N)cc1. The van der Waals surface area contributed by atoms with Crippen LogP contribution in [0.25, 0.3) is 0 Å². The molecule has 1 N–H and O–H groups in total. The van der Waals surface area contributed by atoms with Crippen molar-refractivity contribution in [2.45, 2.75) is 13.3 Å². The van der Waals surface area contributed by atoms with Gasteiger partial charge in [0.05, 0.1) is 12.8 Å². The van der Waals surface area contributed by atoms with Gasteiger partial charge >= 0.3 is 0 Å². The standard InChI is InChI=1S/C19H19N3O3/c1-2-12-24-17-9-7-15(8-10-17)19(23)22-21-14-16-5-3-4-6-18(16)25-13-11-20/h3-10,14H,2,12-13H2,1H3,(H,22,23)/b21-14+. The van der Waals surface area contributed by atoms with Crippen LogP contribution in [0.4, 0.5) is 0 Å². The first-order valence-corrected chi connectivity index (χ1v) is 7.89. The minimum Gasteiger partial charge on any atom is -0.494 e. The molecular weight excluding hydrogens is 318 g/mol. The maximum Gasteiger partial charge on any atom is 0.271 e. The van der Waals surface area contributed by atoms with E-state index in [9.17, 15) is 4.79 Å². The Morgan fingerprint density at radius 3 is 2.68 bits per heavy atom. The molecule has 0 bridgehead atoms. The number of benzene rings is 2. The van der Waals surface area contributed by atoms with Crippen LogP contribution in [0, 0.1) is 11.3 Å². The Bertz CT molecular complexity index is 764. The lowest BCUT2D eigenvalue weighted by molar-refractivity contribution is 0.0955. The Balaban J connectivity index is 1.95. The zero-order chi connectivity index (χ0) is 17.9. The second kappa shape index (κ2) is 9.73. The van der Waals surface area contributed by atoms with E-state index in [0.29, 0.717) is 23.5 Å². The summed E-state index contributed by atoms with van der Waals surface area (Å²) in [7, 11) is 0. The van der Waals surface area contributed by atoms with Gasteiger partial charge < -0.3 is 9.47 Å². The van der Waals surface area contributed by atoms with Crippen LogP contribution in [-0.4, -0.2) is 25.3 Å². The molecule has 128 valence electrons. The minimum atomic E-state index is -0.325. The minimum absolute atomic E-state index is 0.0519. The van der Waals surface area contributed by atoms with Crippen molar-refractivity contribution in [3.8, 4) is 17.6 Å². The molecule has 0 aliphatic carbocycles. The van der Waals surface area contributed by atoms with Gasteiger partial charge in [-0.05, 0) is 42.8 Å². The van der Waals surface area contributed by atoms with Gasteiger partial charge in [-0.3, -0.25) is 4.79 Å². The molecule has 0 heterocycles.